The maximum Gasteiger partial charge on any atom is 0.229 e. The van der Waals surface area contributed by atoms with Gasteiger partial charge < -0.3 is 15.1 Å². The van der Waals surface area contributed by atoms with Crippen LogP contribution in [0.5, 0.6) is 0 Å². The van der Waals surface area contributed by atoms with Gasteiger partial charge in [-0.1, -0.05) is 24.2 Å². The Labute approximate surface area is 212 Å². The molecule has 0 aliphatic carbocycles. The number of carbonyl (C=O) groups excluding carboxylic acids is 1. The molecule has 3 heterocycles. The second kappa shape index (κ2) is 10.0. The summed E-state index contributed by atoms with van der Waals surface area (Å²) < 4.78 is 15.0. The van der Waals surface area contributed by atoms with E-state index in [1.807, 2.05) is 18.2 Å². The van der Waals surface area contributed by atoms with Crippen LogP contribution in [-0.4, -0.2) is 64.1 Å². The van der Waals surface area contributed by atoms with E-state index >= 15 is 0 Å². The monoisotopic (exact) mass is 505 g/mol. The number of carbonyl (C=O) groups is 1. The summed E-state index contributed by atoms with van der Waals surface area (Å²) in [5.41, 5.74) is 3.44. The van der Waals surface area contributed by atoms with Crippen LogP contribution in [-0.2, 0) is 11.2 Å². The van der Waals surface area contributed by atoms with E-state index in [9.17, 15) is 9.18 Å². The summed E-state index contributed by atoms with van der Waals surface area (Å²) in [7, 11) is 2.10. The summed E-state index contributed by atoms with van der Waals surface area (Å²) in [4.78, 5) is 25.5. The van der Waals surface area contributed by atoms with E-state index < -0.39 is 5.82 Å². The van der Waals surface area contributed by atoms with Crippen LogP contribution in [0.2, 0.25) is 5.02 Å². The van der Waals surface area contributed by atoms with E-state index in [0.29, 0.717) is 27.3 Å². The third kappa shape index (κ3) is 4.93. The standard InChI is InChI=1S/C26H25ClFN7O/c1-3-18(36)12-16-4-7-22(28)19(13-16)24-20-15-29-33-25(20)32-26(31-24)30-17-5-6-21(27)23(14-17)35-10-8-34(2)9-11-35/h3-7,13-15H,1,8-12H2,2H3,(H2,29,30,31,32,33). The van der Waals surface area contributed by atoms with Crippen molar-refractivity contribution in [3.63, 3.8) is 0 Å². The highest BCUT2D eigenvalue weighted by Gasteiger charge is 2.19. The normalized spacial score (nSPS) is 14.2. The fourth-order valence-electron chi connectivity index (χ4n) is 4.24. The van der Waals surface area contributed by atoms with Crippen LogP contribution >= 0.6 is 11.6 Å². The number of hydrogen-bond donors (Lipinski definition) is 2. The summed E-state index contributed by atoms with van der Waals surface area (Å²) in [6.07, 6.45) is 2.94. The van der Waals surface area contributed by atoms with Crippen molar-refractivity contribution < 1.29 is 9.18 Å². The number of aromatic amines is 1. The fraction of sp³-hybridized carbons (Fsp3) is 0.231. The average molecular weight is 506 g/mol. The highest BCUT2D eigenvalue weighted by molar-refractivity contribution is 6.33. The Morgan fingerprint density at radius 3 is 2.78 bits per heavy atom. The SMILES string of the molecule is C=CC(=O)Cc1ccc(F)c(-c2nc(Nc3ccc(Cl)c(N4CCN(C)CC4)c3)nc3[nH]ncc23)c1. The molecule has 36 heavy (non-hydrogen) atoms. The summed E-state index contributed by atoms with van der Waals surface area (Å²) in [6, 6.07) is 10.2. The van der Waals surface area contributed by atoms with Crippen LogP contribution in [0.15, 0.2) is 55.3 Å². The van der Waals surface area contributed by atoms with Gasteiger partial charge in [0.05, 0.1) is 28.0 Å². The zero-order chi connectivity index (χ0) is 25.2. The van der Waals surface area contributed by atoms with E-state index in [1.54, 1.807) is 18.3 Å². The molecular weight excluding hydrogens is 481 g/mol. The molecule has 10 heteroatoms. The molecule has 1 aliphatic heterocycles. The lowest BCUT2D eigenvalue weighted by atomic mass is 10.0. The van der Waals surface area contributed by atoms with Gasteiger partial charge in [0.25, 0.3) is 0 Å². The fourth-order valence-corrected chi connectivity index (χ4v) is 4.48. The van der Waals surface area contributed by atoms with E-state index in [-0.39, 0.29) is 23.7 Å². The van der Waals surface area contributed by atoms with Gasteiger partial charge in [-0.05, 0) is 49.0 Å². The van der Waals surface area contributed by atoms with E-state index in [2.05, 4.69) is 48.9 Å². The molecule has 2 aromatic carbocycles. The maximum atomic E-state index is 15.0. The molecule has 0 unspecified atom stereocenters. The van der Waals surface area contributed by atoms with Crippen molar-refractivity contribution >= 4 is 45.7 Å². The molecule has 0 radical (unpaired) electrons. The number of piperazine rings is 1. The highest BCUT2D eigenvalue weighted by Crippen LogP contribution is 2.33. The predicted octanol–water partition coefficient (Wildman–Crippen LogP) is 4.61. The van der Waals surface area contributed by atoms with Crippen LogP contribution < -0.4 is 10.2 Å². The summed E-state index contributed by atoms with van der Waals surface area (Å²) >= 11 is 6.52. The Morgan fingerprint density at radius 2 is 2.00 bits per heavy atom. The first-order valence-electron chi connectivity index (χ1n) is 11.6. The number of hydrogen-bond acceptors (Lipinski definition) is 7. The van der Waals surface area contributed by atoms with E-state index in [1.165, 1.54) is 12.1 Å². The van der Waals surface area contributed by atoms with Crippen molar-refractivity contribution in [1.29, 1.82) is 0 Å². The lowest BCUT2D eigenvalue weighted by Gasteiger charge is -2.34. The third-order valence-electron chi connectivity index (χ3n) is 6.25. The molecular formula is C26H25ClFN7O. The van der Waals surface area contributed by atoms with Crippen molar-refractivity contribution in [2.45, 2.75) is 6.42 Å². The number of nitrogens with zero attached hydrogens (tertiary/aromatic N) is 5. The number of likely N-dealkylation sites (N-methyl/N-ethyl adjacent to an activating group) is 1. The molecule has 0 atom stereocenters. The second-order valence-electron chi connectivity index (χ2n) is 8.77. The number of H-pyrrole nitrogens is 1. The molecule has 2 N–H and O–H groups in total. The topological polar surface area (TPSA) is 90.0 Å². The zero-order valence-electron chi connectivity index (χ0n) is 19.8. The quantitative estimate of drug-likeness (QED) is 0.355. The molecule has 0 bridgehead atoms. The van der Waals surface area contributed by atoms with Crippen molar-refractivity contribution in [2.24, 2.45) is 0 Å². The summed E-state index contributed by atoms with van der Waals surface area (Å²) in [5, 5.41) is 11.4. The largest absolute Gasteiger partial charge is 0.368 e. The number of allylic oxidation sites excluding steroid dienone is 1. The highest BCUT2D eigenvalue weighted by atomic mass is 35.5. The van der Waals surface area contributed by atoms with E-state index in [4.69, 9.17) is 11.6 Å². The number of nitrogens with one attached hydrogen (secondary N) is 2. The molecule has 184 valence electrons. The Hall–Kier alpha value is -3.82. The predicted molar refractivity (Wildman–Crippen MR) is 140 cm³/mol. The third-order valence-corrected chi connectivity index (χ3v) is 6.57. The Morgan fingerprint density at radius 1 is 1.19 bits per heavy atom. The van der Waals surface area contributed by atoms with Gasteiger partial charge >= 0.3 is 0 Å². The molecule has 0 amide bonds. The molecule has 1 saturated heterocycles. The molecule has 0 saturated carbocycles. The van der Waals surface area contributed by atoms with Gasteiger partial charge in [-0.3, -0.25) is 9.89 Å². The molecule has 1 aliphatic rings. The van der Waals surface area contributed by atoms with Gasteiger partial charge in [0.15, 0.2) is 11.4 Å². The van der Waals surface area contributed by atoms with Crippen molar-refractivity contribution in [3.8, 4) is 11.3 Å². The first kappa shape index (κ1) is 23.9. The van der Waals surface area contributed by atoms with Crippen LogP contribution in [0.3, 0.4) is 0 Å². The van der Waals surface area contributed by atoms with Gasteiger partial charge in [-0.15, -0.1) is 0 Å². The van der Waals surface area contributed by atoms with Crippen LogP contribution in [0.1, 0.15) is 5.56 Å². The van der Waals surface area contributed by atoms with Crippen LogP contribution in [0.25, 0.3) is 22.3 Å². The minimum Gasteiger partial charge on any atom is -0.368 e. The minimum absolute atomic E-state index is 0.126. The molecule has 0 spiro atoms. The van der Waals surface area contributed by atoms with Gasteiger partial charge in [0, 0.05) is 43.9 Å². The minimum atomic E-state index is -0.458. The second-order valence-corrected chi connectivity index (χ2v) is 9.18. The van der Waals surface area contributed by atoms with Gasteiger partial charge in [-0.25, -0.2) is 9.37 Å². The molecule has 4 aromatic rings. The zero-order valence-corrected chi connectivity index (χ0v) is 20.5. The number of rotatable bonds is 7. The Kier molecular flexibility index (Phi) is 6.67. The number of ketones is 1. The van der Waals surface area contributed by atoms with E-state index in [0.717, 1.165) is 37.6 Å². The van der Waals surface area contributed by atoms with Gasteiger partial charge in [-0.2, -0.15) is 10.1 Å². The lowest BCUT2D eigenvalue weighted by Crippen LogP contribution is -2.44. The average Bonchev–Trinajstić information content (AvgIpc) is 3.35. The smallest absolute Gasteiger partial charge is 0.229 e. The Bertz CT molecular complexity index is 1450. The van der Waals surface area contributed by atoms with Crippen molar-refractivity contribution in [1.82, 2.24) is 25.1 Å². The number of halogens is 2. The lowest BCUT2D eigenvalue weighted by molar-refractivity contribution is -0.114. The summed E-state index contributed by atoms with van der Waals surface area (Å²) in [5.74, 6) is -0.328. The van der Waals surface area contributed by atoms with Gasteiger partial charge in [0.2, 0.25) is 5.95 Å². The maximum absolute atomic E-state index is 15.0. The van der Waals surface area contributed by atoms with Crippen LogP contribution in [0, 0.1) is 5.82 Å². The van der Waals surface area contributed by atoms with Gasteiger partial charge in [0.1, 0.15) is 5.82 Å². The van der Waals surface area contributed by atoms with Crippen molar-refractivity contribution in [2.75, 3.05) is 43.4 Å². The summed E-state index contributed by atoms with van der Waals surface area (Å²) in [6.45, 7) is 7.18. The Balaban J connectivity index is 1.50. The molecule has 5 rings (SSSR count). The number of anilines is 3. The number of aromatic nitrogens is 4. The molecule has 2 aromatic heterocycles. The number of fused-ring (bicyclic) bond motifs is 1. The first-order valence-corrected chi connectivity index (χ1v) is 11.9. The molecule has 1 fully saturated rings. The number of benzene rings is 2. The van der Waals surface area contributed by atoms with Crippen molar-refractivity contribution in [3.05, 3.63) is 71.7 Å². The van der Waals surface area contributed by atoms with Crippen LogP contribution in [0.4, 0.5) is 21.7 Å². The molecule has 8 nitrogen and oxygen atoms in total. The first-order chi connectivity index (χ1) is 17.4.